The van der Waals surface area contributed by atoms with E-state index in [0.29, 0.717) is 36.0 Å². The molecule has 4 N–H and O–H groups in total. The van der Waals surface area contributed by atoms with Crippen molar-refractivity contribution in [2.24, 2.45) is 5.10 Å². The maximum atomic E-state index is 12.5. The van der Waals surface area contributed by atoms with E-state index in [9.17, 15) is 14.7 Å². The zero-order valence-electron chi connectivity index (χ0n) is 26.4. The van der Waals surface area contributed by atoms with Crippen molar-refractivity contribution < 1.29 is 33.6 Å². The number of nitrogens with one attached hydrogen (secondary N) is 3. The highest BCUT2D eigenvalue weighted by atomic mass is 127. The maximum Gasteiger partial charge on any atom is 0.337 e. The summed E-state index contributed by atoms with van der Waals surface area (Å²) in [6.07, 6.45) is 0.452. The number of esters is 1. The average Bonchev–Trinajstić information content (AvgIpc) is 3.06. The highest BCUT2D eigenvalue weighted by Crippen LogP contribution is 2.35. The fourth-order valence-corrected chi connectivity index (χ4v) is 6.86. The van der Waals surface area contributed by atoms with Crippen molar-refractivity contribution in [1.29, 1.82) is 0 Å². The van der Waals surface area contributed by atoms with Crippen LogP contribution in [0, 0.1) is 3.57 Å². The second-order valence-corrected chi connectivity index (χ2v) is 12.7. The monoisotopic (exact) mass is 828 g/mol. The number of carbonyl (C=O) groups excluding carboxylic acids is 2. The Bertz CT molecular complexity index is 1860. The van der Waals surface area contributed by atoms with Gasteiger partial charge in [0, 0.05) is 5.70 Å². The van der Waals surface area contributed by atoms with Gasteiger partial charge in [0.15, 0.2) is 17.7 Å². The molecule has 48 heavy (non-hydrogen) atoms. The summed E-state index contributed by atoms with van der Waals surface area (Å²) in [5.41, 5.74) is 5.79. The van der Waals surface area contributed by atoms with Gasteiger partial charge < -0.3 is 34.7 Å². The van der Waals surface area contributed by atoms with Crippen LogP contribution in [0.1, 0.15) is 36.6 Å². The van der Waals surface area contributed by atoms with Gasteiger partial charge in [-0.2, -0.15) is 5.10 Å². The van der Waals surface area contributed by atoms with Gasteiger partial charge in [-0.05, 0) is 110 Å². The van der Waals surface area contributed by atoms with Crippen molar-refractivity contribution in [3.63, 3.8) is 0 Å². The molecule has 4 aromatic carbocycles. The Labute approximate surface area is 299 Å². The van der Waals surface area contributed by atoms with Crippen molar-refractivity contribution in [2.75, 3.05) is 20.3 Å². The van der Waals surface area contributed by atoms with Crippen molar-refractivity contribution in [2.45, 2.75) is 32.7 Å². The number of amides is 2. The number of methoxy groups -OCH3 is 1. The molecule has 1 heterocycles. The maximum absolute atomic E-state index is 12.5. The summed E-state index contributed by atoms with van der Waals surface area (Å²) in [5, 5.41) is 22.4. The van der Waals surface area contributed by atoms with Crippen LogP contribution < -0.4 is 30.3 Å². The molecule has 4 aromatic rings. The van der Waals surface area contributed by atoms with Crippen LogP contribution in [-0.2, 0) is 16.1 Å². The number of hydrogen-bond donors (Lipinski definition) is 4. The van der Waals surface area contributed by atoms with Crippen LogP contribution in [0.15, 0.2) is 93.6 Å². The third-order valence-corrected chi connectivity index (χ3v) is 8.72. The normalized spacial score (nSPS) is 15.1. The van der Waals surface area contributed by atoms with E-state index in [1.807, 2.05) is 31.2 Å². The van der Waals surface area contributed by atoms with E-state index in [1.54, 1.807) is 31.3 Å². The molecule has 1 aliphatic heterocycles. The summed E-state index contributed by atoms with van der Waals surface area (Å²) in [7, 11) is 1.28. The van der Waals surface area contributed by atoms with E-state index in [1.165, 1.54) is 17.9 Å². The summed E-state index contributed by atoms with van der Waals surface area (Å²) < 4.78 is 24.4. The van der Waals surface area contributed by atoms with Crippen molar-refractivity contribution in [3.8, 4) is 17.2 Å². The highest BCUT2D eigenvalue weighted by molar-refractivity contribution is 14.1. The van der Waals surface area contributed by atoms with Gasteiger partial charge >= 0.3 is 12.0 Å². The number of carbonyl (C=O) groups is 2. The number of ether oxygens (including phenoxy) is 4. The van der Waals surface area contributed by atoms with E-state index in [2.05, 4.69) is 90.0 Å². The van der Waals surface area contributed by atoms with Crippen LogP contribution in [-0.4, -0.2) is 49.9 Å². The number of rotatable bonds is 13. The lowest BCUT2D eigenvalue weighted by atomic mass is 9.95. The van der Waals surface area contributed by atoms with Crippen LogP contribution in [0.5, 0.6) is 17.2 Å². The van der Waals surface area contributed by atoms with Crippen molar-refractivity contribution in [1.82, 2.24) is 16.1 Å². The molecule has 0 aromatic heterocycles. The number of halogens is 2. The Morgan fingerprint density at radius 1 is 1.06 bits per heavy atom. The number of allylic oxidation sites excluding steroid dienone is 1. The molecule has 0 unspecified atom stereocenters. The Morgan fingerprint density at radius 3 is 2.60 bits per heavy atom. The zero-order valence-corrected chi connectivity index (χ0v) is 30.1. The number of hydrazone groups is 1. The molecule has 0 saturated carbocycles. The topological polar surface area (TPSA) is 140 Å². The van der Waals surface area contributed by atoms with Gasteiger partial charge in [0.1, 0.15) is 19.0 Å². The first kappa shape index (κ1) is 35.0. The Kier molecular flexibility index (Phi) is 11.8. The first-order valence-corrected chi connectivity index (χ1v) is 16.9. The molecule has 0 fully saturated rings. The first-order chi connectivity index (χ1) is 23.2. The summed E-state index contributed by atoms with van der Waals surface area (Å²) in [4.78, 5) is 24.7. The predicted octanol–water partition coefficient (Wildman–Crippen LogP) is 6.31. The Balaban J connectivity index is 1.18. The first-order valence-electron chi connectivity index (χ1n) is 15.0. The van der Waals surface area contributed by atoms with Gasteiger partial charge in [0.25, 0.3) is 0 Å². The van der Waals surface area contributed by atoms with E-state index < -0.39 is 24.3 Å². The molecular weight excluding hydrogens is 795 g/mol. The number of urea groups is 1. The van der Waals surface area contributed by atoms with Gasteiger partial charge in [-0.15, -0.1) is 0 Å². The molecule has 0 aliphatic carbocycles. The average molecular weight is 829 g/mol. The van der Waals surface area contributed by atoms with Crippen LogP contribution in [0.2, 0.25) is 0 Å². The minimum atomic E-state index is -1.14. The van der Waals surface area contributed by atoms with Crippen LogP contribution >= 0.6 is 38.5 Å². The molecule has 11 nitrogen and oxygen atoms in total. The fourth-order valence-electron chi connectivity index (χ4n) is 5.10. The minimum absolute atomic E-state index is 0.143. The van der Waals surface area contributed by atoms with Crippen molar-refractivity contribution >= 4 is 67.5 Å². The lowest BCUT2D eigenvalue weighted by Crippen LogP contribution is -2.45. The molecule has 5 rings (SSSR count). The third-order valence-electron chi connectivity index (χ3n) is 7.33. The van der Waals surface area contributed by atoms with E-state index in [-0.39, 0.29) is 12.2 Å². The van der Waals surface area contributed by atoms with E-state index in [4.69, 9.17) is 18.9 Å². The molecule has 0 bridgehead atoms. The molecule has 2 amide bonds. The summed E-state index contributed by atoms with van der Waals surface area (Å²) in [5.74, 6) is 0.904. The standard InChI is InChI=1S/C35H34BrIN4O7/c1-4-46-29-16-25(32-31(34(43)45-3)20(2)39-35(44)40-32)11-12-28(29)47-19-30(42)41-38-17-22-14-26(36)33(27(37)15-22)48-18-21-9-10-23-7-5-6-8-24(23)13-21/h5-17,30,32,41-42H,4,18-19H2,1-3H3,(H2,39,40,44)/b38-17-/t30-,32-/m1/s1. The highest BCUT2D eigenvalue weighted by Gasteiger charge is 2.32. The smallest absolute Gasteiger partial charge is 0.337 e. The minimum Gasteiger partial charge on any atom is -0.490 e. The lowest BCUT2D eigenvalue weighted by molar-refractivity contribution is -0.136. The fraction of sp³-hybridized carbons (Fsp3) is 0.229. The number of fused-ring (bicyclic) bond motifs is 1. The van der Waals surface area contributed by atoms with Gasteiger partial charge in [-0.25, -0.2) is 9.59 Å². The molecule has 0 saturated heterocycles. The second-order valence-electron chi connectivity index (χ2n) is 10.7. The zero-order chi connectivity index (χ0) is 34.2. The van der Waals surface area contributed by atoms with Crippen LogP contribution in [0.25, 0.3) is 10.8 Å². The quantitative estimate of drug-likeness (QED) is 0.0405. The second kappa shape index (κ2) is 16.2. The lowest BCUT2D eigenvalue weighted by Gasteiger charge is -2.28. The summed E-state index contributed by atoms with van der Waals surface area (Å²) >= 11 is 5.83. The summed E-state index contributed by atoms with van der Waals surface area (Å²) in [6, 6.07) is 22.1. The number of hydrogen-bond acceptors (Lipinski definition) is 9. The van der Waals surface area contributed by atoms with Crippen LogP contribution in [0.4, 0.5) is 4.79 Å². The Hall–Kier alpha value is -4.34. The largest absolute Gasteiger partial charge is 0.490 e. The number of benzene rings is 4. The van der Waals surface area contributed by atoms with Gasteiger partial charge in [-0.3, -0.25) is 5.43 Å². The molecular formula is C35H34BrIN4O7. The molecule has 2 atom stereocenters. The molecule has 0 spiro atoms. The SMILES string of the molecule is CCOc1cc([C@H]2NC(=O)NC(C)=C2C(=O)OC)ccc1OC[C@@H](O)N/N=C\c1cc(Br)c(OCc2ccc3ccccc3c2)c(I)c1. The molecule has 250 valence electrons. The Morgan fingerprint density at radius 2 is 1.85 bits per heavy atom. The number of nitrogens with zero attached hydrogens (tertiary/aromatic N) is 1. The van der Waals surface area contributed by atoms with Gasteiger partial charge in [0.05, 0.1) is 39.6 Å². The molecule has 1 aliphatic rings. The van der Waals surface area contributed by atoms with Crippen LogP contribution in [0.3, 0.4) is 0 Å². The van der Waals surface area contributed by atoms with E-state index in [0.717, 1.165) is 24.9 Å². The number of aliphatic hydroxyl groups excluding tert-OH is 1. The van der Waals surface area contributed by atoms with Gasteiger partial charge in [0.2, 0.25) is 0 Å². The van der Waals surface area contributed by atoms with E-state index >= 15 is 0 Å². The number of aliphatic hydroxyl groups is 1. The molecule has 0 radical (unpaired) electrons. The summed E-state index contributed by atoms with van der Waals surface area (Å²) in [6.45, 7) is 4.07. The predicted molar refractivity (Wildman–Crippen MR) is 194 cm³/mol. The van der Waals surface area contributed by atoms with Crippen molar-refractivity contribution in [3.05, 3.63) is 109 Å². The molecule has 13 heteroatoms. The third kappa shape index (κ3) is 8.57. The van der Waals surface area contributed by atoms with Gasteiger partial charge in [-0.1, -0.05) is 42.5 Å².